The van der Waals surface area contributed by atoms with Crippen LogP contribution in [0.5, 0.6) is 0 Å². The minimum Gasteiger partial charge on any atom is -0.393 e. The minimum atomic E-state index is -0.0956. The Hall–Kier alpha value is -0.650. The van der Waals surface area contributed by atoms with Crippen molar-refractivity contribution in [2.24, 2.45) is 5.92 Å². The number of likely N-dealkylation sites (tertiary alicyclic amines) is 2. The maximum atomic E-state index is 12.7. The summed E-state index contributed by atoms with van der Waals surface area (Å²) >= 11 is 0. The zero-order chi connectivity index (χ0) is 15.4. The van der Waals surface area contributed by atoms with Crippen molar-refractivity contribution in [1.29, 1.82) is 0 Å². The van der Waals surface area contributed by atoms with Crippen molar-refractivity contribution in [2.75, 3.05) is 39.3 Å². The lowest BCUT2D eigenvalue weighted by molar-refractivity contribution is -0.137. The lowest BCUT2D eigenvalue weighted by Gasteiger charge is -2.41. The second kappa shape index (κ2) is 7.75. The Labute approximate surface area is 134 Å². The zero-order valence-corrected chi connectivity index (χ0v) is 13.7. The number of nitrogens with zero attached hydrogens (tertiary/aromatic N) is 2. The maximum absolute atomic E-state index is 12.7. The summed E-state index contributed by atoms with van der Waals surface area (Å²) in [5.41, 5.74) is 0. The number of piperidine rings is 2. The van der Waals surface area contributed by atoms with Gasteiger partial charge in [0, 0.05) is 38.1 Å². The molecule has 126 valence electrons. The topological polar surface area (TPSA) is 55.8 Å². The van der Waals surface area contributed by atoms with Gasteiger partial charge >= 0.3 is 0 Å². The summed E-state index contributed by atoms with van der Waals surface area (Å²) in [6.07, 6.45) is 7.12. The van der Waals surface area contributed by atoms with Crippen molar-refractivity contribution in [2.45, 2.75) is 57.1 Å². The molecule has 5 nitrogen and oxygen atoms in total. The van der Waals surface area contributed by atoms with Gasteiger partial charge in [-0.1, -0.05) is 0 Å². The number of aliphatic hydroxyl groups excluding tert-OH is 1. The Bertz CT molecular complexity index is 353. The smallest absolute Gasteiger partial charge is 0.225 e. The molecule has 0 spiro atoms. The summed E-state index contributed by atoms with van der Waals surface area (Å²) in [7, 11) is 0. The van der Waals surface area contributed by atoms with Gasteiger partial charge in [-0.05, 0) is 58.0 Å². The van der Waals surface area contributed by atoms with Gasteiger partial charge in [0.25, 0.3) is 0 Å². The summed E-state index contributed by atoms with van der Waals surface area (Å²) in [6.45, 7) is 5.94. The Morgan fingerprint density at radius 1 is 0.909 bits per heavy atom. The second-order valence-corrected chi connectivity index (χ2v) is 7.20. The first kappa shape index (κ1) is 16.2. The van der Waals surface area contributed by atoms with E-state index in [1.54, 1.807) is 0 Å². The summed E-state index contributed by atoms with van der Waals surface area (Å²) in [5, 5.41) is 13.0. The van der Waals surface area contributed by atoms with Crippen molar-refractivity contribution in [3.8, 4) is 0 Å². The average molecular weight is 309 g/mol. The van der Waals surface area contributed by atoms with E-state index in [0.717, 1.165) is 84.2 Å². The van der Waals surface area contributed by atoms with Crippen LogP contribution in [0.25, 0.3) is 0 Å². The quantitative estimate of drug-likeness (QED) is 0.793. The molecule has 22 heavy (non-hydrogen) atoms. The number of nitrogens with one attached hydrogen (secondary N) is 1. The molecule has 3 rings (SSSR count). The van der Waals surface area contributed by atoms with Crippen molar-refractivity contribution >= 4 is 5.91 Å². The highest BCUT2D eigenvalue weighted by Gasteiger charge is 2.31. The lowest BCUT2D eigenvalue weighted by Crippen LogP contribution is -2.50. The fourth-order valence-electron chi connectivity index (χ4n) is 4.23. The van der Waals surface area contributed by atoms with Gasteiger partial charge in [-0.2, -0.15) is 0 Å². The van der Waals surface area contributed by atoms with Gasteiger partial charge in [-0.25, -0.2) is 0 Å². The number of amides is 1. The van der Waals surface area contributed by atoms with Crippen LogP contribution < -0.4 is 5.32 Å². The third kappa shape index (κ3) is 4.00. The van der Waals surface area contributed by atoms with E-state index in [0.29, 0.717) is 11.9 Å². The number of carbonyl (C=O) groups excluding carboxylic acids is 1. The van der Waals surface area contributed by atoms with Gasteiger partial charge in [-0.15, -0.1) is 0 Å². The zero-order valence-electron chi connectivity index (χ0n) is 13.7. The van der Waals surface area contributed by atoms with E-state index in [9.17, 15) is 9.90 Å². The van der Waals surface area contributed by atoms with E-state index < -0.39 is 0 Å². The first-order valence-corrected chi connectivity index (χ1v) is 9.15. The number of aliphatic hydroxyl groups is 1. The first-order chi connectivity index (χ1) is 10.7. The van der Waals surface area contributed by atoms with Crippen LogP contribution in [-0.4, -0.2) is 72.2 Å². The number of rotatable bonds is 2. The third-order valence-electron chi connectivity index (χ3n) is 5.72. The third-order valence-corrected chi connectivity index (χ3v) is 5.72. The fourth-order valence-corrected chi connectivity index (χ4v) is 4.23. The molecule has 0 radical (unpaired) electrons. The molecule has 0 aromatic carbocycles. The van der Waals surface area contributed by atoms with E-state index in [1.165, 1.54) is 0 Å². The van der Waals surface area contributed by atoms with Crippen LogP contribution in [0.2, 0.25) is 0 Å². The van der Waals surface area contributed by atoms with Crippen LogP contribution in [0.1, 0.15) is 44.9 Å². The molecule has 0 aromatic rings. The highest BCUT2D eigenvalue weighted by atomic mass is 16.3. The minimum absolute atomic E-state index is 0.0956. The fraction of sp³-hybridized carbons (Fsp3) is 0.941. The molecule has 1 unspecified atom stereocenters. The number of hydrogen-bond donors (Lipinski definition) is 2. The van der Waals surface area contributed by atoms with Crippen molar-refractivity contribution in [1.82, 2.24) is 15.1 Å². The van der Waals surface area contributed by atoms with Gasteiger partial charge in [0.15, 0.2) is 0 Å². The molecular weight excluding hydrogens is 278 g/mol. The Kier molecular flexibility index (Phi) is 5.71. The summed E-state index contributed by atoms with van der Waals surface area (Å²) in [6, 6.07) is 0.618. The molecule has 3 fully saturated rings. The van der Waals surface area contributed by atoms with E-state index in [2.05, 4.69) is 15.1 Å². The van der Waals surface area contributed by atoms with Gasteiger partial charge in [0.2, 0.25) is 5.91 Å². The highest BCUT2D eigenvalue weighted by Crippen LogP contribution is 2.24. The van der Waals surface area contributed by atoms with E-state index in [-0.39, 0.29) is 12.0 Å². The van der Waals surface area contributed by atoms with Crippen LogP contribution in [-0.2, 0) is 4.79 Å². The largest absolute Gasteiger partial charge is 0.393 e. The molecule has 3 aliphatic heterocycles. The van der Waals surface area contributed by atoms with Crippen LogP contribution in [0.15, 0.2) is 0 Å². The normalized spacial score (nSPS) is 30.2. The molecule has 3 saturated heterocycles. The van der Waals surface area contributed by atoms with Gasteiger partial charge in [0.1, 0.15) is 0 Å². The molecule has 0 saturated carbocycles. The van der Waals surface area contributed by atoms with Gasteiger partial charge < -0.3 is 20.2 Å². The SMILES string of the molecule is O=C(C1CCCNCC1)N1CCC(N2CCC(O)CC2)CC1. The Morgan fingerprint density at radius 3 is 2.36 bits per heavy atom. The second-order valence-electron chi connectivity index (χ2n) is 7.20. The molecule has 0 aromatic heterocycles. The van der Waals surface area contributed by atoms with Gasteiger partial charge in [-0.3, -0.25) is 4.79 Å². The summed E-state index contributed by atoms with van der Waals surface area (Å²) < 4.78 is 0. The average Bonchev–Trinajstić information content (AvgIpc) is 2.84. The molecule has 1 amide bonds. The van der Waals surface area contributed by atoms with Crippen LogP contribution in [0.4, 0.5) is 0 Å². The van der Waals surface area contributed by atoms with E-state index in [1.807, 2.05) is 0 Å². The van der Waals surface area contributed by atoms with Crippen molar-refractivity contribution in [3.05, 3.63) is 0 Å². The monoisotopic (exact) mass is 309 g/mol. The van der Waals surface area contributed by atoms with Crippen molar-refractivity contribution in [3.63, 3.8) is 0 Å². The number of hydrogen-bond acceptors (Lipinski definition) is 4. The van der Waals surface area contributed by atoms with Gasteiger partial charge in [0.05, 0.1) is 6.10 Å². The Morgan fingerprint density at radius 2 is 1.64 bits per heavy atom. The van der Waals surface area contributed by atoms with Crippen molar-refractivity contribution < 1.29 is 9.90 Å². The molecule has 5 heteroatoms. The standard InChI is InChI=1S/C17H31N3O2/c21-16-6-12-19(13-7-16)15-4-10-20(11-5-15)17(22)14-2-1-8-18-9-3-14/h14-16,18,21H,1-13H2. The molecule has 0 bridgehead atoms. The Balaban J connectivity index is 1.45. The molecule has 3 heterocycles. The predicted molar refractivity (Wildman–Crippen MR) is 86.6 cm³/mol. The van der Waals surface area contributed by atoms with Crippen LogP contribution in [0.3, 0.4) is 0 Å². The first-order valence-electron chi connectivity index (χ1n) is 9.15. The highest BCUT2D eigenvalue weighted by molar-refractivity contribution is 5.79. The number of carbonyl (C=O) groups is 1. The summed E-state index contributed by atoms with van der Waals surface area (Å²) in [4.78, 5) is 17.3. The maximum Gasteiger partial charge on any atom is 0.225 e. The van der Waals surface area contributed by atoms with E-state index in [4.69, 9.17) is 0 Å². The molecule has 0 aliphatic carbocycles. The van der Waals surface area contributed by atoms with E-state index >= 15 is 0 Å². The molecule has 1 atom stereocenters. The van der Waals surface area contributed by atoms with Crippen LogP contribution >= 0.6 is 0 Å². The summed E-state index contributed by atoms with van der Waals surface area (Å²) in [5.74, 6) is 0.646. The van der Waals surface area contributed by atoms with Crippen LogP contribution in [0, 0.1) is 5.92 Å². The molecular formula is C17H31N3O2. The lowest BCUT2D eigenvalue weighted by atomic mass is 9.95. The molecule has 3 aliphatic rings. The molecule has 2 N–H and O–H groups in total. The predicted octanol–water partition coefficient (Wildman–Crippen LogP) is 0.824.